The highest BCUT2D eigenvalue weighted by Gasteiger charge is 2.07. The van der Waals surface area contributed by atoms with Gasteiger partial charge in [0.05, 0.1) is 12.7 Å². The lowest BCUT2D eigenvalue weighted by Gasteiger charge is -2.07. The van der Waals surface area contributed by atoms with Crippen molar-refractivity contribution in [3.63, 3.8) is 0 Å². The Kier molecular flexibility index (Phi) is 4.56. The van der Waals surface area contributed by atoms with E-state index in [9.17, 15) is 9.59 Å². The van der Waals surface area contributed by atoms with Gasteiger partial charge in [0.25, 0.3) is 5.91 Å². The second-order valence-electron chi connectivity index (χ2n) is 4.42. The molecule has 0 atom stereocenters. The molecule has 0 saturated heterocycles. The van der Waals surface area contributed by atoms with Crippen LogP contribution in [0.25, 0.3) is 0 Å². The Morgan fingerprint density at radius 1 is 1.10 bits per heavy atom. The summed E-state index contributed by atoms with van der Waals surface area (Å²) >= 11 is 0. The van der Waals surface area contributed by atoms with Crippen LogP contribution in [0.1, 0.15) is 26.3 Å². The van der Waals surface area contributed by atoms with Gasteiger partial charge in [0, 0.05) is 12.1 Å². The average molecular weight is 285 g/mol. The summed E-state index contributed by atoms with van der Waals surface area (Å²) < 4.78 is 5.03. The molecule has 5 nitrogen and oxygen atoms in total. The smallest absolute Gasteiger partial charge is 0.335 e. The quantitative estimate of drug-likeness (QED) is 0.884. The van der Waals surface area contributed by atoms with Crippen molar-refractivity contribution in [2.45, 2.75) is 6.54 Å². The van der Waals surface area contributed by atoms with E-state index in [0.717, 1.165) is 5.56 Å². The van der Waals surface area contributed by atoms with E-state index in [-0.39, 0.29) is 18.0 Å². The van der Waals surface area contributed by atoms with Crippen molar-refractivity contribution >= 4 is 11.9 Å². The van der Waals surface area contributed by atoms with Gasteiger partial charge < -0.3 is 15.2 Å². The fraction of sp³-hybridized carbons (Fsp3) is 0.125. The van der Waals surface area contributed by atoms with Crippen molar-refractivity contribution in [2.24, 2.45) is 0 Å². The molecule has 0 aliphatic rings. The van der Waals surface area contributed by atoms with E-state index in [1.54, 1.807) is 43.5 Å². The minimum absolute atomic E-state index is 0.200. The van der Waals surface area contributed by atoms with Crippen LogP contribution in [0.5, 0.6) is 5.75 Å². The van der Waals surface area contributed by atoms with Gasteiger partial charge >= 0.3 is 5.97 Å². The van der Waals surface area contributed by atoms with E-state index >= 15 is 0 Å². The first-order valence-corrected chi connectivity index (χ1v) is 6.34. The highest BCUT2D eigenvalue weighted by molar-refractivity contribution is 5.94. The number of methoxy groups -OCH3 is 1. The predicted molar refractivity (Wildman–Crippen MR) is 77.6 cm³/mol. The summed E-state index contributed by atoms with van der Waals surface area (Å²) in [6, 6.07) is 13.2. The summed E-state index contributed by atoms with van der Waals surface area (Å²) in [5, 5.41) is 11.7. The van der Waals surface area contributed by atoms with Gasteiger partial charge in [0.15, 0.2) is 0 Å². The number of carbonyl (C=O) groups excluding carboxylic acids is 1. The number of benzene rings is 2. The molecule has 0 saturated carbocycles. The maximum absolute atomic E-state index is 12.0. The first-order chi connectivity index (χ1) is 10.1. The standard InChI is InChI=1S/C16H15NO4/c1-21-14-7-5-12(6-8-14)15(18)17-10-11-3-2-4-13(9-11)16(19)20/h2-9H,10H2,1H3,(H,17,18)(H,19,20). The number of amides is 1. The van der Waals surface area contributed by atoms with Crippen LogP contribution in [0, 0.1) is 0 Å². The fourth-order valence-electron chi connectivity index (χ4n) is 1.84. The van der Waals surface area contributed by atoms with Gasteiger partial charge in [-0.1, -0.05) is 12.1 Å². The molecule has 0 fully saturated rings. The SMILES string of the molecule is COc1ccc(C(=O)NCc2cccc(C(=O)O)c2)cc1. The van der Waals surface area contributed by atoms with Crippen LogP contribution in [0.4, 0.5) is 0 Å². The summed E-state index contributed by atoms with van der Waals surface area (Å²) in [6.45, 7) is 0.270. The van der Waals surface area contributed by atoms with Gasteiger partial charge in [0.2, 0.25) is 0 Å². The minimum Gasteiger partial charge on any atom is -0.497 e. The molecule has 0 radical (unpaired) electrons. The molecule has 5 heteroatoms. The molecular formula is C16H15NO4. The zero-order valence-electron chi connectivity index (χ0n) is 11.5. The topological polar surface area (TPSA) is 75.6 Å². The largest absolute Gasteiger partial charge is 0.497 e. The highest BCUT2D eigenvalue weighted by atomic mass is 16.5. The molecular weight excluding hydrogens is 270 g/mol. The third kappa shape index (κ3) is 3.82. The van der Waals surface area contributed by atoms with Crippen molar-refractivity contribution in [3.8, 4) is 5.75 Å². The number of carbonyl (C=O) groups is 2. The Balaban J connectivity index is 2.00. The number of carboxylic acid groups (broad SMARTS) is 1. The monoisotopic (exact) mass is 285 g/mol. The van der Waals surface area contributed by atoms with Crippen LogP contribution in [-0.2, 0) is 6.54 Å². The van der Waals surface area contributed by atoms with E-state index in [1.165, 1.54) is 12.1 Å². The van der Waals surface area contributed by atoms with Gasteiger partial charge in [-0.15, -0.1) is 0 Å². The highest BCUT2D eigenvalue weighted by Crippen LogP contribution is 2.11. The molecule has 0 bridgehead atoms. The maximum Gasteiger partial charge on any atom is 0.335 e. The van der Waals surface area contributed by atoms with Gasteiger partial charge in [-0.25, -0.2) is 4.79 Å². The third-order valence-corrected chi connectivity index (χ3v) is 2.98. The predicted octanol–water partition coefficient (Wildman–Crippen LogP) is 2.32. The minimum atomic E-state index is -0.988. The normalized spacial score (nSPS) is 9.95. The zero-order chi connectivity index (χ0) is 15.2. The Morgan fingerprint density at radius 3 is 2.43 bits per heavy atom. The first-order valence-electron chi connectivity index (χ1n) is 6.34. The van der Waals surface area contributed by atoms with Crippen molar-refractivity contribution in [1.29, 1.82) is 0 Å². The molecule has 21 heavy (non-hydrogen) atoms. The molecule has 0 spiro atoms. The Morgan fingerprint density at radius 2 is 1.81 bits per heavy atom. The Labute approximate surface area is 122 Å². The summed E-state index contributed by atoms with van der Waals surface area (Å²) in [6.07, 6.45) is 0. The van der Waals surface area contributed by atoms with Crippen molar-refractivity contribution in [2.75, 3.05) is 7.11 Å². The maximum atomic E-state index is 12.0. The molecule has 0 heterocycles. The third-order valence-electron chi connectivity index (χ3n) is 2.98. The van der Waals surface area contributed by atoms with Crippen molar-refractivity contribution in [3.05, 3.63) is 65.2 Å². The van der Waals surface area contributed by atoms with Gasteiger partial charge in [-0.05, 0) is 42.0 Å². The Bertz CT molecular complexity index is 650. The number of nitrogens with one attached hydrogen (secondary N) is 1. The molecule has 2 rings (SSSR count). The zero-order valence-corrected chi connectivity index (χ0v) is 11.5. The van der Waals surface area contributed by atoms with Crippen LogP contribution in [0.2, 0.25) is 0 Å². The molecule has 2 aromatic rings. The lowest BCUT2D eigenvalue weighted by Crippen LogP contribution is -2.22. The average Bonchev–Trinajstić information content (AvgIpc) is 2.53. The molecule has 108 valence electrons. The summed E-state index contributed by atoms with van der Waals surface area (Å²) in [4.78, 5) is 22.8. The number of hydrogen-bond donors (Lipinski definition) is 2. The molecule has 2 aromatic carbocycles. The molecule has 2 N–H and O–H groups in total. The van der Waals surface area contributed by atoms with Gasteiger partial charge in [0.1, 0.15) is 5.75 Å². The lowest BCUT2D eigenvalue weighted by molar-refractivity contribution is 0.0696. The van der Waals surface area contributed by atoms with Crippen LogP contribution >= 0.6 is 0 Å². The van der Waals surface area contributed by atoms with Crippen molar-refractivity contribution < 1.29 is 19.4 Å². The van der Waals surface area contributed by atoms with E-state index in [2.05, 4.69) is 5.32 Å². The molecule has 0 aliphatic heterocycles. The summed E-state index contributed by atoms with van der Waals surface area (Å²) in [5.41, 5.74) is 1.45. The second kappa shape index (κ2) is 6.56. The number of rotatable bonds is 5. The molecule has 0 aromatic heterocycles. The number of hydrogen-bond acceptors (Lipinski definition) is 3. The number of aromatic carboxylic acids is 1. The fourth-order valence-corrected chi connectivity index (χ4v) is 1.84. The summed E-state index contributed by atoms with van der Waals surface area (Å²) in [7, 11) is 1.56. The van der Waals surface area contributed by atoms with Crippen LogP contribution in [-0.4, -0.2) is 24.1 Å². The number of carboxylic acids is 1. The van der Waals surface area contributed by atoms with Crippen LogP contribution in [0.15, 0.2) is 48.5 Å². The van der Waals surface area contributed by atoms with Gasteiger partial charge in [-0.2, -0.15) is 0 Å². The van der Waals surface area contributed by atoms with Crippen LogP contribution in [0.3, 0.4) is 0 Å². The van der Waals surface area contributed by atoms with Gasteiger partial charge in [-0.3, -0.25) is 4.79 Å². The first kappa shape index (κ1) is 14.6. The van der Waals surface area contributed by atoms with E-state index < -0.39 is 5.97 Å². The van der Waals surface area contributed by atoms with Crippen LogP contribution < -0.4 is 10.1 Å². The Hall–Kier alpha value is -2.82. The molecule has 0 unspecified atom stereocenters. The van der Waals surface area contributed by atoms with E-state index in [4.69, 9.17) is 9.84 Å². The van der Waals surface area contributed by atoms with Crippen molar-refractivity contribution in [1.82, 2.24) is 5.32 Å². The molecule has 1 amide bonds. The second-order valence-corrected chi connectivity index (χ2v) is 4.42. The summed E-state index contributed by atoms with van der Waals surface area (Å²) in [5.74, 6) is -0.530. The lowest BCUT2D eigenvalue weighted by atomic mass is 10.1. The number of ether oxygens (including phenoxy) is 1. The van der Waals surface area contributed by atoms with E-state index in [0.29, 0.717) is 11.3 Å². The van der Waals surface area contributed by atoms with E-state index in [1.807, 2.05) is 0 Å². The molecule has 0 aliphatic carbocycles.